The summed E-state index contributed by atoms with van der Waals surface area (Å²) in [5, 5.41) is 10.1. The van der Waals surface area contributed by atoms with Crippen LogP contribution in [0.4, 0.5) is 5.69 Å². The van der Waals surface area contributed by atoms with Gasteiger partial charge in [-0.15, -0.1) is 0 Å². The number of carbonyl (C=O) groups is 1. The van der Waals surface area contributed by atoms with E-state index in [1.807, 2.05) is 0 Å². The summed E-state index contributed by atoms with van der Waals surface area (Å²) >= 11 is 6.09. The topological polar surface area (TPSA) is 76.2 Å². The molecule has 0 bridgehead atoms. The molecule has 1 amide bonds. The molecule has 3 rings (SSSR count). The normalized spacial score (nSPS) is 13.8. The molecule has 0 spiro atoms. The van der Waals surface area contributed by atoms with Gasteiger partial charge < -0.3 is 14.8 Å². The van der Waals surface area contributed by atoms with Crippen molar-refractivity contribution in [3.8, 4) is 11.5 Å². The number of benzene rings is 1. The van der Waals surface area contributed by atoms with Crippen molar-refractivity contribution in [2.24, 2.45) is 0 Å². The van der Waals surface area contributed by atoms with E-state index in [0.717, 1.165) is 18.5 Å². The molecule has 0 aliphatic heterocycles. The fourth-order valence-corrected chi connectivity index (χ4v) is 2.44. The molecule has 1 aliphatic rings. The van der Waals surface area contributed by atoms with Crippen LogP contribution >= 0.6 is 11.6 Å². The predicted octanol–water partition coefficient (Wildman–Crippen LogP) is 3.21. The molecule has 0 radical (unpaired) electrons. The molecule has 1 aromatic carbocycles. The van der Waals surface area contributed by atoms with Gasteiger partial charge in [-0.2, -0.15) is 5.10 Å². The van der Waals surface area contributed by atoms with Crippen molar-refractivity contribution in [1.29, 1.82) is 0 Å². The lowest BCUT2D eigenvalue weighted by molar-refractivity contribution is 0.102. The Labute approximate surface area is 132 Å². The summed E-state index contributed by atoms with van der Waals surface area (Å²) in [5.41, 5.74) is 1.81. The lowest BCUT2D eigenvalue weighted by Gasteiger charge is -2.12. The van der Waals surface area contributed by atoms with E-state index >= 15 is 0 Å². The molecule has 2 aromatic rings. The third kappa shape index (κ3) is 2.87. The zero-order chi connectivity index (χ0) is 15.7. The predicted molar refractivity (Wildman–Crippen MR) is 83.1 cm³/mol. The van der Waals surface area contributed by atoms with Crippen molar-refractivity contribution < 1.29 is 14.3 Å². The largest absolute Gasteiger partial charge is 0.495 e. The molecule has 7 heteroatoms. The number of aromatic amines is 1. The van der Waals surface area contributed by atoms with Crippen LogP contribution in [-0.4, -0.2) is 30.3 Å². The van der Waals surface area contributed by atoms with Crippen LogP contribution in [0.3, 0.4) is 0 Å². The van der Waals surface area contributed by atoms with Crippen LogP contribution in [-0.2, 0) is 0 Å². The summed E-state index contributed by atoms with van der Waals surface area (Å²) < 4.78 is 10.4. The summed E-state index contributed by atoms with van der Waals surface area (Å²) in [6, 6.07) is 4.99. The number of methoxy groups -OCH3 is 2. The maximum Gasteiger partial charge on any atom is 0.276 e. The Balaban J connectivity index is 1.81. The van der Waals surface area contributed by atoms with Gasteiger partial charge in [0.25, 0.3) is 5.91 Å². The van der Waals surface area contributed by atoms with Crippen LogP contribution in [0.1, 0.15) is 34.9 Å². The van der Waals surface area contributed by atoms with Crippen molar-refractivity contribution in [3.63, 3.8) is 0 Å². The number of amides is 1. The number of nitrogens with one attached hydrogen (secondary N) is 2. The van der Waals surface area contributed by atoms with E-state index in [1.54, 1.807) is 18.2 Å². The summed E-state index contributed by atoms with van der Waals surface area (Å²) in [5.74, 6) is 1.14. The second kappa shape index (κ2) is 5.88. The number of H-pyrrole nitrogens is 1. The summed E-state index contributed by atoms with van der Waals surface area (Å²) in [7, 11) is 3.03. The zero-order valence-electron chi connectivity index (χ0n) is 12.3. The molecule has 1 aromatic heterocycles. The van der Waals surface area contributed by atoms with E-state index in [0.29, 0.717) is 33.8 Å². The minimum absolute atomic E-state index is 0.317. The Kier molecular flexibility index (Phi) is 3.94. The van der Waals surface area contributed by atoms with Crippen LogP contribution < -0.4 is 14.8 Å². The minimum atomic E-state index is -0.317. The summed E-state index contributed by atoms with van der Waals surface area (Å²) in [6.07, 6.45) is 2.29. The summed E-state index contributed by atoms with van der Waals surface area (Å²) in [4.78, 5) is 12.3. The van der Waals surface area contributed by atoms with Crippen molar-refractivity contribution in [3.05, 3.63) is 34.6 Å². The molecule has 6 nitrogen and oxygen atoms in total. The Bertz CT molecular complexity index is 710. The van der Waals surface area contributed by atoms with Crippen LogP contribution in [0, 0.1) is 0 Å². The van der Waals surface area contributed by atoms with E-state index in [4.69, 9.17) is 21.1 Å². The Morgan fingerprint density at radius 1 is 1.27 bits per heavy atom. The van der Waals surface area contributed by atoms with Crippen molar-refractivity contribution in [2.45, 2.75) is 18.8 Å². The van der Waals surface area contributed by atoms with E-state index in [2.05, 4.69) is 15.5 Å². The van der Waals surface area contributed by atoms with Gasteiger partial charge in [-0.3, -0.25) is 9.89 Å². The third-order valence-corrected chi connectivity index (χ3v) is 3.86. The minimum Gasteiger partial charge on any atom is -0.495 e. The Morgan fingerprint density at radius 2 is 2.00 bits per heavy atom. The third-order valence-electron chi connectivity index (χ3n) is 3.57. The lowest BCUT2D eigenvalue weighted by atomic mass is 10.2. The number of hydrogen-bond donors (Lipinski definition) is 2. The number of rotatable bonds is 5. The first kappa shape index (κ1) is 14.7. The highest BCUT2D eigenvalue weighted by atomic mass is 35.5. The molecule has 0 unspecified atom stereocenters. The molecule has 1 heterocycles. The van der Waals surface area contributed by atoms with E-state index in [9.17, 15) is 4.79 Å². The van der Waals surface area contributed by atoms with Gasteiger partial charge in [0, 0.05) is 17.7 Å². The second-order valence-corrected chi connectivity index (χ2v) is 5.53. The van der Waals surface area contributed by atoms with Crippen LogP contribution in [0.5, 0.6) is 11.5 Å². The first-order chi connectivity index (χ1) is 10.6. The average Bonchev–Trinajstić information content (AvgIpc) is 3.24. The SMILES string of the molecule is COc1cc(OC)c(NC(=O)c2cc(C3CC3)[nH]n2)cc1Cl. The quantitative estimate of drug-likeness (QED) is 0.886. The van der Waals surface area contributed by atoms with Crippen LogP contribution in [0.2, 0.25) is 5.02 Å². The first-order valence-electron chi connectivity index (χ1n) is 6.90. The smallest absolute Gasteiger partial charge is 0.276 e. The number of halogens is 1. The van der Waals surface area contributed by atoms with Gasteiger partial charge >= 0.3 is 0 Å². The standard InChI is InChI=1S/C15H16ClN3O3/c1-21-13-7-14(22-2)11(5-9(13)16)17-15(20)12-6-10(18-19-12)8-3-4-8/h5-8H,3-4H2,1-2H3,(H,17,20)(H,18,19). The summed E-state index contributed by atoms with van der Waals surface area (Å²) in [6.45, 7) is 0. The molecule has 22 heavy (non-hydrogen) atoms. The number of anilines is 1. The highest BCUT2D eigenvalue weighted by molar-refractivity contribution is 6.32. The number of nitrogens with zero attached hydrogens (tertiary/aromatic N) is 1. The Hall–Kier alpha value is -2.21. The van der Waals surface area contributed by atoms with E-state index in [1.165, 1.54) is 14.2 Å². The van der Waals surface area contributed by atoms with Gasteiger partial charge in [0.15, 0.2) is 5.69 Å². The van der Waals surface area contributed by atoms with Crippen LogP contribution in [0.15, 0.2) is 18.2 Å². The van der Waals surface area contributed by atoms with Gasteiger partial charge in [0.05, 0.1) is 24.9 Å². The van der Waals surface area contributed by atoms with E-state index in [-0.39, 0.29) is 5.91 Å². The number of hydrogen-bond acceptors (Lipinski definition) is 4. The monoisotopic (exact) mass is 321 g/mol. The molecule has 0 saturated heterocycles. The van der Waals surface area contributed by atoms with Gasteiger partial charge in [-0.1, -0.05) is 11.6 Å². The van der Waals surface area contributed by atoms with E-state index < -0.39 is 0 Å². The maximum atomic E-state index is 12.3. The molecule has 1 aliphatic carbocycles. The molecule has 0 atom stereocenters. The van der Waals surface area contributed by atoms with Crippen molar-refractivity contribution in [1.82, 2.24) is 10.2 Å². The lowest BCUT2D eigenvalue weighted by Crippen LogP contribution is -2.13. The average molecular weight is 322 g/mol. The zero-order valence-corrected chi connectivity index (χ0v) is 13.0. The second-order valence-electron chi connectivity index (χ2n) is 5.12. The molecule has 116 valence electrons. The fourth-order valence-electron chi connectivity index (χ4n) is 2.20. The highest BCUT2D eigenvalue weighted by Gasteiger charge is 2.26. The number of aromatic nitrogens is 2. The Morgan fingerprint density at radius 3 is 2.64 bits per heavy atom. The van der Waals surface area contributed by atoms with Gasteiger partial charge in [0.1, 0.15) is 11.5 Å². The maximum absolute atomic E-state index is 12.3. The van der Waals surface area contributed by atoms with Gasteiger partial charge in [-0.25, -0.2) is 0 Å². The van der Waals surface area contributed by atoms with Gasteiger partial charge in [-0.05, 0) is 25.0 Å². The highest BCUT2D eigenvalue weighted by Crippen LogP contribution is 2.39. The molecule has 2 N–H and O–H groups in total. The van der Waals surface area contributed by atoms with Crippen molar-refractivity contribution in [2.75, 3.05) is 19.5 Å². The molecular weight excluding hydrogens is 306 g/mol. The molecule has 1 fully saturated rings. The molecule has 1 saturated carbocycles. The van der Waals surface area contributed by atoms with Crippen molar-refractivity contribution >= 4 is 23.2 Å². The van der Waals surface area contributed by atoms with Gasteiger partial charge in [0.2, 0.25) is 0 Å². The van der Waals surface area contributed by atoms with Crippen LogP contribution in [0.25, 0.3) is 0 Å². The fraction of sp³-hybridized carbons (Fsp3) is 0.333. The molecular formula is C15H16ClN3O3. The number of carbonyl (C=O) groups excluding carboxylic acids is 1. The number of ether oxygens (including phenoxy) is 2. The first-order valence-corrected chi connectivity index (χ1v) is 7.28.